The SMILES string of the molecule is C[C@@H]1COc2ncc(F)cc2CN2c3nc4c(cnn4cc3CC[C@H]2C)C(=O)N1. The van der Waals surface area contributed by atoms with Crippen molar-refractivity contribution in [2.75, 3.05) is 11.5 Å². The number of halogens is 1. The summed E-state index contributed by atoms with van der Waals surface area (Å²) in [6.45, 7) is 4.59. The number of aryl methyl sites for hydroxylation is 1. The van der Waals surface area contributed by atoms with Crippen molar-refractivity contribution < 1.29 is 13.9 Å². The van der Waals surface area contributed by atoms with E-state index in [0.717, 1.165) is 30.4 Å². The number of hydrogen-bond donors (Lipinski definition) is 1. The minimum Gasteiger partial charge on any atom is -0.475 e. The van der Waals surface area contributed by atoms with Crippen molar-refractivity contribution in [1.82, 2.24) is 24.9 Å². The van der Waals surface area contributed by atoms with Crippen molar-refractivity contribution in [2.24, 2.45) is 0 Å². The highest BCUT2D eigenvalue weighted by atomic mass is 19.1. The molecule has 3 aromatic rings. The Morgan fingerprint density at radius 2 is 2.14 bits per heavy atom. The summed E-state index contributed by atoms with van der Waals surface area (Å²) in [4.78, 5) is 23.9. The lowest BCUT2D eigenvalue weighted by Crippen LogP contribution is -2.38. The molecule has 0 spiro atoms. The molecule has 0 unspecified atom stereocenters. The predicted molar refractivity (Wildman–Crippen MR) is 104 cm³/mol. The van der Waals surface area contributed by atoms with Gasteiger partial charge in [0, 0.05) is 23.4 Å². The van der Waals surface area contributed by atoms with Gasteiger partial charge in [0.15, 0.2) is 5.65 Å². The zero-order valence-corrected chi connectivity index (χ0v) is 16.2. The highest BCUT2D eigenvalue weighted by Crippen LogP contribution is 2.33. The van der Waals surface area contributed by atoms with Gasteiger partial charge in [0.2, 0.25) is 5.88 Å². The second kappa shape index (κ2) is 6.68. The third-order valence-electron chi connectivity index (χ3n) is 5.51. The number of anilines is 1. The van der Waals surface area contributed by atoms with Crippen molar-refractivity contribution in [2.45, 2.75) is 45.3 Å². The number of ether oxygens (including phenoxy) is 1. The van der Waals surface area contributed by atoms with Crippen molar-refractivity contribution in [3.63, 3.8) is 0 Å². The van der Waals surface area contributed by atoms with E-state index in [0.29, 0.717) is 29.2 Å². The molecular weight excluding hydrogens is 375 g/mol. The first-order chi connectivity index (χ1) is 14.0. The first kappa shape index (κ1) is 17.8. The van der Waals surface area contributed by atoms with Gasteiger partial charge < -0.3 is 15.0 Å². The lowest BCUT2D eigenvalue weighted by atomic mass is 10.00. The topological polar surface area (TPSA) is 84.7 Å². The van der Waals surface area contributed by atoms with Crippen molar-refractivity contribution in [1.29, 1.82) is 0 Å². The summed E-state index contributed by atoms with van der Waals surface area (Å²) in [6.07, 6.45) is 6.41. The van der Waals surface area contributed by atoms with Gasteiger partial charge in [0.05, 0.1) is 25.0 Å². The Bertz CT molecular complexity index is 1110. The molecule has 5 heterocycles. The molecule has 0 saturated heterocycles. The fourth-order valence-electron chi connectivity index (χ4n) is 3.93. The lowest BCUT2D eigenvalue weighted by Gasteiger charge is -2.36. The van der Waals surface area contributed by atoms with Crippen LogP contribution in [-0.2, 0) is 13.0 Å². The Labute approximate surface area is 166 Å². The van der Waals surface area contributed by atoms with Gasteiger partial charge in [-0.1, -0.05) is 0 Å². The molecular formula is C20H21FN6O2. The number of amides is 1. The number of fused-ring (bicyclic) bond motifs is 1. The summed E-state index contributed by atoms with van der Waals surface area (Å²) < 4.78 is 21.5. The van der Waals surface area contributed by atoms with Crippen LogP contribution in [0.5, 0.6) is 5.88 Å². The molecule has 29 heavy (non-hydrogen) atoms. The van der Waals surface area contributed by atoms with Gasteiger partial charge in [-0.25, -0.2) is 18.9 Å². The third-order valence-corrected chi connectivity index (χ3v) is 5.51. The summed E-state index contributed by atoms with van der Waals surface area (Å²) in [7, 11) is 0. The molecule has 2 aliphatic heterocycles. The number of carbonyl (C=O) groups excluding carboxylic acids is 1. The van der Waals surface area contributed by atoms with Crippen LogP contribution in [0.1, 0.15) is 41.8 Å². The van der Waals surface area contributed by atoms with Crippen LogP contribution in [0.2, 0.25) is 0 Å². The standard InChI is InChI=1S/C20H21FN6O2/c1-11-10-29-20-14(5-15(21)6-22-20)8-26-12(2)3-4-13-9-27-18(25-17(13)26)16(7-23-27)19(28)24-11/h5-7,9,11-12H,3-4,8,10H2,1-2H3,(H,24,28)/t11-,12-/m1/s1. The summed E-state index contributed by atoms with van der Waals surface area (Å²) in [6, 6.07) is 1.37. The van der Waals surface area contributed by atoms with Gasteiger partial charge in [0.25, 0.3) is 5.91 Å². The molecule has 0 radical (unpaired) electrons. The number of hydrogen-bond acceptors (Lipinski definition) is 6. The minimum absolute atomic E-state index is 0.192. The van der Waals surface area contributed by atoms with Gasteiger partial charge in [-0.2, -0.15) is 5.10 Å². The second-order valence-electron chi connectivity index (χ2n) is 7.74. The molecule has 0 fully saturated rings. The van der Waals surface area contributed by atoms with E-state index in [-0.39, 0.29) is 24.6 Å². The predicted octanol–water partition coefficient (Wildman–Crippen LogP) is 2.12. The maximum atomic E-state index is 14.0. The normalized spacial score (nSPS) is 21.6. The van der Waals surface area contributed by atoms with E-state index in [2.05, 4.69) is 27.2 Å². The van der Waals surface area contributed by atoms with E-state index in [4.69, 9.17) is 9.72 Å². The molecule has 1 N–H and O–H groups in total. The zero-order valence-electron chi connectivity index (χ0n) is 16.2. The Hall–Kier alpha value is -3.23. The second-order valence-corrected chi connectivity index (χ2v) is 7.74. The van der Waals surface area contributed by atoms with E-state index in [9.17, 15) is 9.18 Å². The van der Waals surface area contributed by atoms with E-state index in [1.165, 1.54) is 12.3 Å². The lowest BCUT2D eigenvalue weighted by molar-refractivity contribution is 0.0927. The minimum atomic E-state index is -0.413. The number of nitrogens with one attached hydrogen (secondary N) is 1. The fraction of sp³-hybridized carbons (Fsp3) is 0.400. The Morgan fingerprint density at radius 3 is 3.00 bits per heavy atom. The number of pyridine rings is 1. The van der Waals surface area contributed by atoms with Crippen LogP contribution in [0.3, 0.4) is 0 Å². The first-order valence-corrected chi connectivity index (χ1v) is 9.71. The van der Waals surface area contributed by atoms with Crippen molar-refractivity contribution in [3.05, 3.63) is 47.2 Å². The monoisotopic (exact) mass is 396 g/mol. The molecule has 3 aromatic heterocycles. The third kappa shape index (κ3) is 3.06. The molecule has 9 heteroatoms. The summed E-state index contributed by atoms with van der Waals surface area (Å²) in [5.41, 5.74) is 2.61. The molecule has 2 bridgehead atoms. The van der Waals surface area contributed by atoms with Gasteiger partial charge in [-0.3, -0.25) is 4.79 Å². The van der Waals surface area contributed by atoms with E-state index >= 15 is 0 Å². The fourth-order valence-corrected chi connectivity index (χ4v) is 3.93. The number of aromatic nitrogens is 4. The van der Waals surface area contributed by atoms with Crippen LogP contribution >= 0.6 is 0 Å². The molecule has 1 amide bonds. The molecule has 2 atom stereocenters. The zero-order chi connectivity index (χ0) is 20.1. The van der Waals surface area contributed by atoms with Gasteiger partial charge >= 0.3 is 0 Å². The number of nitrogens with zero attached hydrogens (tertiary/aromatic N) is 5. The summed E-state index contributed by atoms with van der Waals surface area (Å²) >= 11 is 0. The Morgan fingerprint density at radius 1 is 1.28 bits per heavy atom. The van der Waals surface area contributed by atoms with Gasteiger partial charge in [0.1, 0.15) is 23.8 Å². The van der Waals surface area contributed by atoms with Crippen molar-refractivity contribution >= 4 is 17.4 Å². The van der Waals surface area contributed by atoms with E-state index in [1.54, 1.807) is 4.52 Å². The van der Waals surface area contributed by atoms with Crippen LogP contribution in [0.4, 0.5) is 10.2 Å². The highest BCUT2D eigenvalue weighted by molar-refractivity contribution is 6.00. The molecule has 0 saturated carbocycles. The highest BCUT2D eigenvalue weighted by Gasteiger charge is 2.29. The molecule has 8 nitrogen and oxygen atoms in total. The summed E-state index contributed by atoms with van der Waals surface area (Å²) in [5.74, 6) is 0.485. The van der Waals surface area contributed by atoms with Gasteiger partial charge in [-0.05, 0) is 32.8 Å². The van der Waals surface area contributed by atoms with Crippen molar-refractivity contribution in [3.8, 4) is 5.88 Å². The molecule has 2 aliphatic rings. The van der Waals surface area contributed by atoms with Crippen LogP contribution < -0.4 is 15.0 Å². The molecule has 150 valence electrons. The van der Waals surface area contributed by atoms with Crippen LogP contribution in [0, 0.1) is 5.82 Å². The smallest absolute Gasteiger partial charge is 0.257 e. The maximum Gasteiger partial charge on any atom is 0.257 e. The number of carbonyl (C=O) groups is 1. The molecule has 0 aromatic carbocycles. The average molecular weight is 396 g/mol. The largest absolute Gasteiger partial charge is 0.475 e. The van der Waals surface area contributed by atoms with Gasteiger partial charge in [-0.15, -0.1) is 0 Å². The Kier molecular flexibility index (Phi) is 4.11. The molecule has 0 aliphatic carbocycles. The average Bonchev–Trinajstić information content (AvgIpc) is 3.10. The van der Waals surface area contributed by atoms with E-state index < -0.39 is 5.82 Å². The quantitative estimate of drug-likeness (QED) is 0.627. The Balaban J connectivity index is 1.70. The first-order valence-electron chi connectivity index (χ1n) is 9.71. The van der Waals surface area contributed by atoms with E-state index in [1.807, 2.05) is 13.1 Å². The maximum absolute atomic E-state index is 14.0. The van der Waals surface area contributed by atoms with Crippen LogP contribution in [-0.4, -0.2) is 44.2 Å². The summed E-state index contributed by atoms with van der Waals surface area (Å²) in [5, 5.41) is 7.22. The van der Waals surface area contributed by atoms with Crippen LogP contribution in [0.15, 0.2) is 24.7 Å². The number of rotatable bonds is 0. The van der Waals surface area contributed by atoms with Crippen LogP contribution in [0.25, 0.3) is 5.65 Å². The molecule has 5 rings (SSSR count).